The zero-order valence-electron chi connectivity index (χ0n) is 28.1. The fourth-order valence-corrected chi connectivity index (χ4v) is 9.86. The lowest BCUT2D eigenvalue weighted by Crippen LogP contribution is -2.63. The van der Waals surface area contributed by atoms with E-state index in [0.29, 0.717) is 43.6 Å². The third-order valence-electron chi connectivity index (χ3n) is 11.8. The molecule has 0 spiro atoms. The number of esters is 4. The second-order valence-electron chi connectivity index (χ2n) is 14.7. The van der Waals surface area contributed by atoms with Gasteiger partial charge < -0.3 is 18.9 Å². The van der Waals surface area contributed by atoms with Gasteiger partial charge in [0.2, 0.25) is 0 Å². The van der Waals surface area contributed by atoms with E-state index in [1.165, 1.54) is 33.3 Å². The molecule has 8 heteroatoms. The van der Waals surface area contributed by atoms with Crippen molar-refractivity contribution < 1.29 is 38.1 Å². The van der Waals surface area contributed by atoms with Gasteiger partial charge >= 0.3 is 23.9 Å². The monoisotopic (exact) mass is 614 g/mol. The van der Waals surface area contributed by atoms with Crippen LogP contribution in [0.25, 0.3) is 0 Å². The second-order valence-corrected chi connectivity index (χ2v) is 14.7. The fourth-order valence-electron chi connectivity index (χ4n) is 9.86. The Morgan fingerprint density at radius 1 is 0.955 bits per heavy atom. The maximum atomic E-state index is 12.7. The second kappa shape index (κ2) is 13.4. The Kier molecular flexibility index (Phi) is 10.4. The molecule has 4 aliphatic rings. The van der Waals surface area contributed by atoms with Gasteiger partial charge in [0, 0.05) is 57.3 Å². The van der Waals surface area contributed by atoms with Crippen LogP contribution in [0.3, 0.4) is 0 Å². The normalized spacial score (nSPS) is 36.6. The standard InChI is InChI=1S/C36H54O8/c1-20(2)21(3)10-11-22(4)30-14-15-31-29-13-12-27-16-28(42-24(6)38)17-33(44-26(8)40)35(27,9)34(29)32(43-25(7)39)18-36(30,31)19-41-23(5)37/h12,20,22,28-34H,3,10-11,13-19H2,1-2,4-9H3/t22-,28-,29+,30-,31+,32-,33+,34-,35-,36+/m1/s1. The summed E-state index contributed by atoms with van der Waals surface area (Å²) in [4.78, 5) is 49.3. The summed E-state index contributed by atoms with van der Waals surface area (Å²) in [6.07, 6.45) is 7.23. The van der Waals surface area contributed by atoms with Gasteiger partial charge in [0.1, 0.15) is 18.3 Å². The molecule has 0 aromatic rings. The van der Waals surface area contributed by atoms with Crippen LogP contribution in [0.5, 0.6) is 0 Å². The molecule has 0 aromatic heterocycles. The minimum absolute atomic E-state index is 0.0979. The largest absolute Gasteiger partial charge is 0.465 e. The number of hydrogen-bond donors (Lipinski definition) is 0. The summed E-state index contributed by atoms with van der Waals surface area (Å²) in [6.45, 7) is 19.2. The predicted molar refractivity (Wildman–Crippen MR) is 166 cm³/mol. The first-order chi connectivity index (χ1) is 20.6. The SMILES string of the molecule is C=C(CC[C@@H](C)[C@H]1CC[C@H]2[C@@H]3CC=C4C[C@@H](OC(C)=O)C[C@H](OC(C)=O)[C@]4(C)[C@H]3[C@H](OC(C)=O)C[C@]12COC(C)=O)C(C)C. The lowest BCUT2D eigenvalue weighted by molar-refractivity contribution is -0.205. The molecule has 3 saturated carbocycles. The molecule has 0 bridgehead atoms. The molecule has 0 saturated heterocycles. The Morgan fingerprint density at radius 3 is 2.20 bits per heavy atom. The molecule has 0 unspecified atom stereocenters. The van der Waals surface area contributed by atoms with Crippen molar-refractivity contribution in [1.29, 1.82) is 0 Å². The Hall–Kier alpha value is -2.64. The lowest BCUT2D eigenvalue weighted by atomic mass is 9.45. The van der Waals surface area contributed by atoms with E-state index in [1.54, 1.807) is 0 Å². The molecule has 44 heavy (non-hydrogen) atoms. The number of allylic oxidation sites excluding steroid dienone is 2. The molecule has 0 heterocycles. The molecule has 0 N–H and O–H groups in total. The van der Waals surface area contributed by atoms with Gasteiger partial charge in [0.15, 0.2) is 0 Å². The van der Waals surface area contributed by atoms with Crippen LogP contribution in [0.2, 0.25) is 0 Å². The maximum Gasteiger partial charge on any atom is 0.302 e. The number of hydrogen-bond acceptors (Lipinski definition) is 8. The zero-order valence-corrected chi connectivity index (χ0v) is 28.1. The highest BCUT2D eigenvalue weighted by atomic mass is 16.6. The highest BCUT2D eigenvalue weighted by molar-refractivity contribution is 5.68. The van der Waals surface area contributed by atoms with Crippen molar-refractivity contribution in [2.45, 2.75) is 125 Å². The summed E-state index contributed by atoms with van der Waals surface area (Å²) < 4.78 is 23.8. The summed E-state index contributed by atoms with van der Waals surface area (Å²) in [5.41, 5.74) is 1.42. The van der Waals surface area contributed by atoms with Crippen LogP contribution in [0.4, 0.5) is 0 Å². The fraction of sp³-hybridized carbons (Fsp3) is 0.778. The molecular weight excluding hydrogens is 560 g/mol. The number of fused-ring (bicyclic) bond motifs is 5. The van der Waals surface area contributed by atoms with Crippen LogP contribution >= 0.6 is 0 Å². The Morgan fingerprint density at radius 2 is 1.61 bits per heavy atom. The van der Waals surface area contributed by atoms with Gasteiger partial charge in [0.25, 0.3) is 0 Å². The first-order valence-electron chi connectivity index (χ1n) is 16.6. The minimum atomic E-state index is -0.600. The topological polar surface area (TPSA) is 105 Å². The summed E-state index contributed by atoms with van der Waals surface area (Å²) in [5.74, 6) is 0.0109. The van der Waals surface area contributed by atoms with Gasteiger partial charge in [-0.3, -0.25) is 19.2 Å². The summed E-state index contributed by atoms with van der Waals surface area (Å²) in [7, 11) is 0. The molecule has 246 valence electrons. The Labute approximate surface area is 263 Å². The number of rotatable bonds is 10. The highest BCUT2D eigenvalue weighted by Crippen LogP contribution is 2.68. The van der Waals surface area contributed by atoms with Crippen molar-refractivity contribution in [2.75, 3.05) is 6.61 Å². The molecule has 0 radical (unpaired) electrons. The van der Waals surface area contributed by atoms with E-state index in [0.717, 1.165) is 37.7 Å². The van der Waals surface area contributed by atoms with Crippen LogP contribution in [-0.4, -0.2) is 48.8 Å². The van der Waals surface area contributed by atoms with E-state index in [4.69, 9.17) is 18.9 Å². The van der Waals surface area contributed by atoms with Crippen molar-refractivity contribution in [1.82, 2.24) is 0 Å². The van der Waals surface area contributed by atoms with E-state index < -0.39 is 17.6 Å². The van der Waals surface area contributed by atoms with E-state index in [1.807, 2.05) is 0 Å². The van der Waals surface area contributed by atoms with Gasteiger partial charge in [-0.15, -0.1) is 0 Å². The molecule has 4 rings (SSSR count). The molecule has 3 fully saturated rings. The third-order valence-corrected chi connectivity index (χ3v) is 11.8. The van der Waals surface area contributed by atoms with Gasteiger partial charge in [-0.2, -0.15) is 0 Å². The number of carbonyl (C=O) groups excluding carboxylic acids is 4. The molecule has 0 aromatic carbocycles. The van der Waals surface area contributed by atoms with Crippen molar-refractivity contribution >= 4 is 23.9 Å². The Bertz CT molecular complexity index is 1170. The van der Waals surface area contributed by atoms with Crippen LogP contribution in [0.1, 0.15) is 107 Å². The number of carbonyl (C=O) groups is 4. The average Bonchev–Trinajstić information content (AvgIpc) is 3.29. The quantitative estimate of drug-likeness (QED) is 0.151. The van der Waals surface area contributed by atoms with E-state index in [9.17, 15) is 19.2 Å². The first kappa shape index (κ1) is 34.2. The smallest absolute Gasteiger partial charge is 0.302 e. The predicted octanol–water partition coefficient (Wildman–Crippen LogP) is 6.75. The minimum Gasteiger partial charge on any atom is -0.465 e. The van der Waals surface area contributed by atoms with Crippen LogP contribution in [0.15, 0.2) is 23.8 Å². The summed E-state index contributed by atoms with van der Waals surface area (Å²) in [6, 6.07) is 0. The van der Waals surface area contributed by atoms with Crippen LogP contribution in [-0.2, 0) is 38.1 Å². The van der Waals surface area contributed by atoms with Gasteiger partial charge in [-0.1, -0.05) is 51.5 Å². The van der Waals surface area contributed by atoms with Crippen molar-refractivity contribution in [3.05, 3.63) is 23.8 Å². The zero-order chi connectivity index (χ0) is 32.6. The van der Waals surface area contributed by atoms with Gasteiger partial charge in [0.05, 0.1) is 6.61 Å². The third kappa shape index (κ3) is 6.64. The Balaban J connectivity index is 1.78. The van der Waals surface area contributed by atoms with Gasteiger partial charge in [-0.25, -0.2) is 0 Å². The highest BCUT2D eigenvalue weighted by Gasteiger charge is 2.67. The summed E-state index contributed by atoms with van der Waals surface area (Å²) >= 11 is 0. The molecule has 0 amide bonds. The maximum absolute atomic E-state index is 12.7. The summed E-state index contributed by atoms with van der Waals surface area (Å²) in [5, 5.41) is 0. The lowest BCUT2D eigenvalue weighted by Gasteiger charge is -2.62. The molecule has 8 nitrogen and oxygen atoms in total. The van der Waals surface area contributed by atoms with Crippen LogP contribution in [0, 0.1) is 46.3 Å². The van der Waals surface area contributed by atoms with Crippen molar-refractivity contribution in [3.8, 4) is 0 Å². The van der Waals surface area contributed by atoms with E-state index >= 15 is 0 Å². The molecule has 10 atom stereocenters. The number of ether oxygens (including phenoxy) is 4. The van der Waals surface area contributed by atoms with Gasteiger partial charge in [-0.05, 0) is 68.1 Å². The van der Waals surface area contributed by atoms with E-state index in [2.05, 4.69) is 40.3 Å². The average molecular weight is 615 g/mol. The van der Waals surface area contributed by atoms with Crippen molar-refractivity contribution in [3.63, 3.8) is 0 Å². The van der Waals surface area contributed by atoms with Crippen LogP contribution < -0.4 is 0 Å². The molecular formula is C36H54O8. The van der Waals surface area contributed by atoms with E-state index in [-0.39, 0.29) is 53.1 Å². The first-order valence-corrected chi connectivity index (χ1v) is 16.6. The molecule has 4 aliphatic carbocycles. The van der Waals surface area contributed by atoms with Crippen molar-refractivity contribution in [2.24, 2.45) is 46.3 Å². The molecule has 0 aliphatic heterocycles.